The van der Waals surface area contributed by atoms with Crippen molar-refractivity contribution in [2.75, 3.05) is 19.4 Å². The molecule has 0 radical (unpaired) electrons. The summed E-state index contributed by atoms with van der Waals surface area (Å²) in [6, 6.07) is 2.30. The van der Waals surface area contributed by atoms with E-state index in [0.29, 0.717) is 12.0 Å². The van der Waals surface area contributed by atoms with Crippen LogP contribution in [-0.2, 0) is 6.18 Å². The van der Waals surface area contributed by atoms with Crippen LogP contribution in [0.15, 0.2) is 28.3 Å². The summed E-state index contributed by atoms with van der Waals surface area (Å²) < 4.78 is 39.7. The van der Waals surface area contributed by atoms with Gasteiger partial charge in [0.1, 0.15) is 0 Å². The lowest BCUT2D eigenvalue weighted by Gasteiger charge is -2.07. The first-order valence-corrected chi connectivity index (χ1v) is 7.20. The van der Waals surface area contributed by atoms with Crippen molar-refractivity contribution in [1.82, 2.24) is 15.2 Å². The fraction of sp³-hybridized carbons (Fsp3) is 0.250. The van der Waals surface area contributed by atoms with E-state index in [1.807, 2.05) is 0 Å². The van der Waals surface area contributed by atoms with Gasteiger partial charge >= 0.3 is 12.1 Å². The van der Waals surface area contributed by atoms with E-state index in [0.717, 1.165) is 23.9 Å². The fourth-order valence-electron chi connectivity index (χ4n) is 1.57. The summed E-state index contributed by atoms with van der Waals surface area (Å²) in [6.07, 6.45) is -3.06. The van der Waals surface area contributed by atoms with Gasteiger partial charge in [-0.15, -0.1) is 5.10 Å². The molecule has 0 aliphatic carbocycles. The first-order valence-electron chi connectivity index (χ1n) is 6.39. The second-order valence-electron chi connectivity index (χ2n) is 4.74. The zero-order valence-electron chi connectivity index (χ0n) is 12.5. The Bertz CT molecular complexity index is 785. The number of nitro groups is 1. The molecule has 128 valence electrons. The largest absolute Gasteiger partial charge is 0.416 e. The van der Waals surface area contributed by atoms with Gasteiger partial charge in [0, 0.05) is 6.07 Å². The van der Waals surface area contributed by atoms with E-state index < -0.39 is 22.4 Å². The predicted molar refractivity (Wildman–Crippen MR) is 80.4 cm³/mol. The molecule has 8 nitrogen and oxygen atoms in total. The number of hydrogen-bond acceptors (Lipinski definition) is 5. The maximum atomic E-state index is 12.7. The molecule has 24 heavy (non-hydrogen) atoms. The molecule has 0 aliphatic rings. The average molecular weight is 361 g/mol. The number of hydrogen-bond donors (Lipinski definition) is 2. The van der Waals surface area contributed by atoms with Crippen molar-refractivity contribution in [1.29, 1.82) is 0 Å². The summed E-state index contributed by atoms with van der Waals surface area (Å²) in [5.74, 6) is 0.292. The number of nitrogens with one attached hydrogen (secondary N) is 2. The molecular formula is C12H12F3N6O2S+. The molecule has 0 aliphatic heterocycles. The molecule has 0 saturated heterocycles. The molecule has 0 bridgehead atoms. The van der Waals surface area contributed by atoms with E-state index in [1.54, 1.807) is 25.0 Å². The molecule has 0 saturated carbocycles. The monoisotopic (exact) mass is 361 g/mol. The lowest BCUT2D eigenvalue weighted by atomic mass is 10.2. The van der Waals surface area contributed by atoms with Crippen LogP contribution in [0.1, 0.15) is 5.56 Å². The Labute approximate surface area is 137 Å². The van der Waals surface area contributed by atoms with E-state index in [9.17, 15) is 23.3 Å². The van der Waals surface area contributed by atoms with E-state index >= 15 is 0 Å². The zero-order chi connectivity index (χ0) is 17.9. The van der Waals surface area contributed by atoms with E-state index in [1.165, 1.54) is 0 Å². The number of anilines is 1. The summed E-state index contributed by atoms with van der Waals surface area (Å²) >= 11 is 0.787. The quantitative estimate of drug-likeness (QED) is 0.279. The first-order chi connectivity index (χ1) is 11.2. The Balaban J connectivity index is 2.26. The summed E-state index contributed by atoms with van der Waals surface area (Å²) in [4.78, 5) is 14.2. The number of alkyl halides is 3. The Morgan fingerprint density at radius 2 is 2.08 bits per heavy atom. The zero-order valence-corrected chi connectivity index (χ0v) is 13.3. The van der Waals surface area contributed by atoms with Gasteiger partial charge in [-0.1, -0.05) is 0 Å². The molecule has 0 amide bonds. The third-order valence-electron chi connectivity index (χ3n) is 2.61. The number of benzene rings is 1. The summed E-state index contributed by atoms with van der Waals surface area (Å²) in [5.41, 5.74) is -1.74. The Kier molecular flexibility index (Phi) is 5.07. The minimum Gasteiger partial charge on any atom is -0.273 e. The third-order valence-corrected chi connectivity index (χ3v) is 3.54. The fourth-order valence-corrected chi connectivity index (χ4v) is 2.37. The normalized spacial score (nSPS) is 11.2. The molecule has 1 aromatic carbocycles. The van der Waals surface area contributed by atoms with Crippen molar-refractivity contribution >= 4 is 29.7 Å². The van der Waals surface area contributed by atoms with Gasteiger partial charge in [0.25, 0.3) is 5.69 Å². The minimum atomic E-state index is -4.66. The topological polar surface area (TPSA) is 99.8 Å². The number of aromatic nitrogens is 3. The SMILES string of the molecule is C[N+](C)=CNc1nc(Sc2ccc(C(F)(F)F)cc2[N+](=O)[O-])n[nH]1. The van der Waals surface area contributed by atoms with Crippen LogP contribution in [0.25, 0.3) is 0 Å². The van der Waals surface area contributed by atoms with Gasteiger partial charge in [-0.2, -0.15) is 18.2 Å². The van der Waals surface area contributed by atoms with E-state index in [-0.39, 0.29) is 10.1 Å². The molecule has 2 N–H and O–H groups in total. The van der Waals surface area contributed by atoms with Crippen molar-refractivity contribution in [2.45, 2.75) is 16.2 Å². The summed E-state index contributed by atoms with van der Waals surface area (Å²) in [5, 5.41) is 20.4. The van der Waals surface area contributed by atoms with Gasteiger partial charge < -0.3 is 0 Å². The Morgan fingerprint density at radius 1 is 1.38 bits per heavy atom. The number of aromatic amines is 1. The number of nitro benzene ring substituents is 1. The summed E-state index contributed by atoms with van der Waals surface area (Å²) in [7, 11) is 3.56. The van der Waals surface area contributed by atoms with Crippen molar-refractivity contribution in [3.63, 3.8) is 0 Å². The molecule has 0 fully saturated rings. The lowest BCUT2D eigenvalue weighted by Crippen LogP contribution is -2.08. The second-order valence-corrected chi connectivity index (χ2v) is 5.75. The molecule has 2 rings (SSSR count). The van der Waals surface area contributed by atoms with Crippen LogP contribution < -0.4 is 5.32 Å². The lowest BCUT2D eigenvalue weighted by molar-refractivity contribution is -0.459. The number of rotatable bonds is 5. The molecule has 12 heteroatoms. The van der Waals surface area contributed by atoms with Gasteiger partial charge in [0.15, 0.2) is 0 Å². The number of H-pyrrole nitrogens is 1. The van der Waals surface area contributed by atoms with Crippen LogP contribution in [0.5, 0.6) is 0 Å². The Hall–Kier alpha value is -2.63. The van der Waals surface area contributed by atoms with Crippen LogP contribution in [0.3, 0.4) is 0 Å². The average Bonchev–Trinajstić information content (AvgIpc) is 2.91. The first kappa shape index (κ1) is 17.7. The maximum Gasteiger partial charge on any atom is 0.416 e. The molecule has 0 atom stereocenters. The molecule has 0 spiro atoms. The van der Waals surface area contributed by atoms with Crippen LogP contribution in [0, 0.1) is 10.1 Å². The van der Waals surface area contributed by atoms with Crippen LogP contribution in [0.4, 0.5) is 24.8 Å². The maximum absolute atomic E-state index is 12.7. The molecule has 1 heterocycles. The van der Waals surface area contributed by atoms with Gasteiger partial charge in [-0.25, -0.2) is 10.4 Å². The van der Waals surface area contributed by atoms with Crippen LogP contribution >= 0.6 is 11.8 Å². The standard InChI is InChI=1S/C12H11F3N6O2S/c1-20(2)6-16-10-17-11(19-18-10)24-9-4-3-7(12(13,14)15)5-8(9)21(22)23/h3-6H,1-2H3,(H,17,18,19)/p+1. The molecule has 1 aromatic heterocycles. The van der Waals surface area contributed by atoms with Crippen molar-refractivity contribution < 1.29 is 22.7 Å². The molecule has 0 unspecified atom stereocenters. The number of halogens is 3. The van der Waals surface area contributed by atoms with E-state index in [4.69, 9.17) is 0 Å². The van der Waals surface area contributed by atoms with Crippen LogP contribution in [0.2, 0.25) is 0 Å². The van der Waals surface area contributed by atoms with Gasteiger partial charge in [-0.3, -0.25) is 14.7 Å². The highest BCUT2D eigenvalue weighted by Gasteiger charge is 2.33. The predicted octanol–water partition coefficient (Wildman–Crippen LogP) is 2.60. The van der Waals surface area contributed by atoms with Gasteiger partial charge in [0.2, 0.25) is 11.5 Å². The molecular weight excluding hydrogens is 349 g/mol. The Morgan fingerprint density at radius 3 is 2.67 bits per heavy atom. The highest BCUT2D eigenvalue weighted by atomic mass is 32.2. The smallest absolute Gasteiger partial charge is 0.273 e. The van der Waals surface area contributed by atoms with Crippen molar-refractivity contribution in [3.05, 3.63) is 33.9 Å². The van der Waals surface area contributed by atoms with Gasteiger partial charge in [-0.05, 0) is 23.9 Å². The van der Waals surface area contributed by atoms with Gasteiger partial charge in [0.05, 0.1) is 29.5 Å². The van der Waals surface area contributed by atoms with Crippen LogP contribution in [-0.4, -0.2) is 45.1 Å². The second kappa shape index (κ2) is 6.86. The van der Waals surface area contributed by atoms with Crippen molar-refractivity contribution in [3.8, 4) is 0 Å². The highest BCUT2D eigenvalue weighted by molar-refractivity contribution is 7.99. The minimum absolute atomic E-state index is 0.00939. The summed E-state index contributed by atoms with van der Waals surface area (Å²) in [6.45, 7) is 0. The highest BCUT2D eigenvalue weighted by Crippen LogP contribution is 2.38. The number of nitrogens with zero attached hydrogens (tertiary/aromatic N) is 4. The molecule has 2 aromatic rings. The van der Waals surface area contributed by atoms with E-state index in [2.05, 4.69) is 20.5 Å². The van der Waals surface area contributed by atoms with Crippen molar-refractivity contribution in [2.24, 2.45) is 0 Å². The third kappa shape index (κ3) is 4.44.